The van der Waals surface area contributed by atoms with Crippen LogP contribution in [0.1, 0.15) is 66.5 Å². The molecule has 0 fully saturated rings. The number of nitrogens with zero attached hydrogens (tertiary/aromatic N) is 2. The van der Waals surface area contributed by atoms with Gasteiger partial charge in [0.1, 0.15) is 5.82 Å². The molecule has 0 spiro atoms. The fraction of sp³-hybridized carbons (Fsp3) is 0.522. The van der Waals surface area contributed by atoms with Crippen LogP contribution < -0.4 is 10.6 Å². The van der Waals surface area contributed by atoms with Gasteiger partial charge < -0.3 is 10.6 Å². The average Bonchev–Trinajstić information content (AvgIpc) is 3.05. The number of benzene rings is 1. The molecule has 0 aliphatic heterocycles. The Morgan fingerprint density at radius 1 is 1.10 bits per heavy atom. The number of halogens is 1. The van der Waals surface area contributed by atoms with Crippen LogP contribution in [-0.2, 0) is 15.0 Å². The minimum atomic E-state index is -0.172. The third kappa shape index (κ3) is 6.87. The minimum Gasteiger partial charge on any atom is -0.353 e. The molecule has 0 aliphatic rings. The van der Waals surface area contributed by atoms with Crippen molar-refractivity contribution >= 4 is 29.2 Å². The average molecular weight is 433 g/mol. The predicted octanol–water partition coefficient (Wildman–Crippen LogP) is 5.09. The van der Waals surface area contributed by atoms with E-state index < -0.39 is 0 Å². The molecule has 30 heavy (non-hydrogen) atoms. The van der Waals surface area contributed by atoms with Crippen molar-refractivity contribution < 1.29 is 9.59 Å². The summed E-state index contributed by atoms with van der Waals surface area (Å²) in [6, 6.07) is 9.34. The maximum Gasteiger partial charge on any atom is 0.225 e. The Morgan fingerprint density at radius 2 is 1.77 bits per heavy atom. The Bertz CT molecular complexity index is 884. The number of rotatable bonds is 8. The number of aromatic nitrogens is 2. The van der Waals surface area contributed by atoms with Crippen LogP contribution in [0.4, 0.5) is 5.82 Å². The summed E-state index contributed by atoms with van der Waals surface area (Å²) in [5.41, 5.74) is 1.46. The van der Waals surface area contributed by atoms with Gasteiger partial charge in [0.25, 0.3) is 0 Å². The van der Waals surface area contributed by atoms with Gasteiger partial charge in [-0.2, -0.15) is 5.10 Å². The van der Waals surface area contributed by atoms with E-state index >= 15 is 0 Å². The molecule has 1 heterocycles. The van der Waals surface area contributed by atoms with E-state index in [0.29, 0.717) is 29.6 Å². The van der Waals surface area contributed by atoms with Crippen molar-refractivity contribution in [3.63, 3.8) is 0 Å². The van der Waals surface area contributed by atoms with Crippen LogP contribution >= 0.6 is 11.6 Å². The third-order valence-electron chi connectivity index (χ3n) is 4.99. The van der Waals surface area contributed by atoms with Gasteiger partial charge in [-0.15, -0.1) is 0 Å². The second-order valence-corrected chi connectivity index (χ2v) is 9.49. The van der Waals surface area contributed by atoms with Crippen molar-refractivity contribution in [2.24, 2.45) is 5.92 Å². The number of anilines is 1. The SMILES string of the molecule is CC(C)C(C)NC(=O)CCCC(=O)Nc1cc(C(C)(C)C)nn1-c1cccc(Cl)c1. The predicted molar refractivity (Wildman–Crippen MR) is 122 cm³/mol. The maximum absolute atomic E-state index is 12.5. The van der Waals surface area contributed by atoms with Crippen LogP contribution in [0.15, 0.2) is 30.3 Å². The molecule has 0 radical (unpaired) electrons. The van der Waals surface area contributed by atoms with Gasteiger partial charge in [0.15, 0.2) is 0 Å². The first kappa shape index (κ1) is 23.9. The van der Waals surface area contributed by atoms with Gasteiger partial charge in [0, 0.05) is 35.4 Å². The molecule has 0 saturated carbocycles. The fourth-order valence-corrected chi connectivity index (χ4v) is 2.93. The van der Waals surface area contributed by atoms with E-state index in [2.05, 4.69) is 50.4 Å². The molecule has 2 aromatic rings. The highest BCUT2D eigenvalue weighted by Gasteiger charge is 2.21. The lowest BCUT2D eigenvalue weighted by molar-refractivity contribution is -0.122. The van der Waals surface area contributed by atoms with Crippen LogP contribution in [0.25, 0.3) is 5.69 Å². The molecule has 2 rings (SSSR count). The Morgan fingerprint density at radius 3 is 2.37 bits per heavy atom. The quantitative estimate of drug-likeness (QED) is 0.609. The van der Waals surface area contributed by atoms with Gasteiger partial charge in [-0.05, 0) is 37.5 Å². The zero-order valence-corrected chi connectivity index (χ0v) is 19.5. The number of nitrogens with one attached hydrogen (secondary N) is 2. The highest BCUT2D eigenvalue weighted by Crippen LogP contribution is 2.27. The Hall–Kier alpha value is -2.34. The van der Waals surface area contributed by atoms with Gasteiger partial charge >= 0.3 is 0 Å². The van der Waals surface area contributed by atoms with Gasteiger partial charge in [-0.3, -0.25) is 9.59 Å². The van der Waals surface area contributed by atoms with Crippen molar-refractivity contribution in [2.45, 2.75) is 72.3 Å². The van der Waals surface area contributed by atoms with Crippen molar-refractivity contribution in [3.05, 3.63) is 41.0 Å². The van der Waals surface area contributed by atoms with E-state index in [1.807, 2.05) is 25.1 Å². The monoisotopic (exact) mass is 432 g/mol. The summed E-state index contributed by atoms with van der Waals surface area (Å²) in [6.07, 6.45) is 1.07. The van der Waals surface area contributed by atoms with Crippen molar-refractivity contribution in [1.29, 1.82) is 0 Å². The van der Waals surface area contributed by atoms with Crippen LogP contribution in [0.5, 0.6) is 0 Å². The third-order valence-corrected chi connectivity index (χ3v) is 5.23. The van der Waals surface area contributed by atoms with Crippen LogP contribution in [-0.4, -0.2) is 27.6 Å². The van der Waals surface area contributed by atoms with Crippen LogP contribution in [0.2, 0.25) is 5.02 Å². The highest BCUT2D eigenvalue weighted by atomic mass is 35.5. The first-order valence-electron chi connectivity index (χ1n) is 10.4. The zero-order valence-electron chi connectivity index (χ0n) is 18.8. The van der Waals surface area contributed by atoms with E-state index in [9.17, 15) is 9.59 Å². The molecule has 1 unspecified atom stereocenters. The summed E-state index contributed by atoms with van der Waals surface area (Å²) < 4.78 is 1.70. The number of carbonyl (C=O) groups excluding carboxylic acids is 2. The first-order valence-corrected chi connectivity index (χ1v) is 10.8. The molecule has 1 aromatic carbocycles. The summed E-state index contributed by atoms with van der Waals surface area (Å²) in [7, 11) is 0. The second-order valence-electron chi connectivity index (χ2n) is 9.06. The van der Waals surface area contributed by atoms with Crippen molar-refractivity contribution in [3.8, 4) is 5.69 Å². The number of carbonyl (C=O) groups is 2. The summed E-state index contributed by atoms with van der Waals surface area (Å²) >= 11 is 6.14. The molecule has 0 saturated heterocycles. The van der Waals surface area contributed by atoms with Gasteiger partial charge in [-0.1, -0.05) is 52.3 Å². The van der Waals surface area contributed by atoms with Crippen molar-refractivity contribution in [1.82, 2.24) is 15.1 Å². The lowest BCUT2D eigenvalue weighted by Crippen LogP contribution is -2.36. The largest absolute Gasteiger partial charge is 0.353 e. The summed E-state index contributed by atoms with van der Waals surface area (Å²) in [5.74, 6) is 0.789. The molecule has 7 heteroatoms. The molecule has 0 bridgehead atoms. The zero-order chi connectivity index (χ0) is 22.5. The lowest BCUT2D eigenvalue weighted by Gasteiger charge is -2.17. The normalized spacial score (nSPS) is 12.7. The highest BCUT2D eigenvalue weighted by molar-refractivity contribution is 6.30. The standard InChI is InChI=1S/C23H33ClN4O2/c1-15(2)16(3)25-21(29)11-8-12-22(30)26-20-14-19(23(4,5)6)27-28(20)18-10-7-9-17(24)13-18/h7,9-10,13-16H,8,11-12H2,1-6H3,(H,25,29)(H,26,30). The smallest absolute Gasteiger partial charge is 0.225 e. The number of hydrogen-bond acceptors (Lipinski definition) is 3. The topological polar surface area (TPSA) is 76.0 Å². The summed E-state index contributed by atoms with van der Waals surface area (Å²) in [6.45, 7) is 12.3. The molecular formula is C23H33ClN4O2. The van der Waals surface area contributed by atoms with E-state index in [4.69, 9.17) is 11.6 Å². The van der Waals surface area contributed by atoms with E-state index in [-0.39, 0.29) is 29.7 Å². The summed E-state index contributed by atoms with van der Waals surface area (Å²) in [5, 5.41) is 11.2. The summed E-state index contributed by atoms with van der Waals surface area (Å²) in [4.78, 5) is 24.5. The molecule has 2 amide bonds. The van der Waals surface area contributed by atoms with E-state index in [1.165, 1.54) is 0 Å². The van der Waals surface area contributed by atoms with Crippen molar-refractivity contribution in [2.75, 3.05) is 5.32 Å². The molecular weight excluding hydrogens is 400 g/mol. The van der Waals surface area contributed by atoms with E-state index in [1.54, 1.807) is 16.8 Å². The fourth-order valence-electron chi connectivity index (χ4n) is 2.75. The van der Waals surface area contributed by atoms with E-state index in [0.717, 1.165) is 11.4 Å². The molecule has 1 atom stereocenters. The van der Waals surface area contributed by atoms with Gasteiger partial charge in [0.2, 0.25) is 11.8 Å². The molecule has 1 aromatic heterocycles. The Balaban J connectivity index is 2.05. The number of hydrogen-bond donors (Lipinski definition) is 2. The Kier molecular flexibility index (Phi) is 8.07. The van der Waals surface area contributed by atoms with Crippen LogP contribution in [0, 0.1) is 5.92 Å². The Labute approximate surface area is 184 Å². The van der Waals surface area contributed by atoms with Gasteiger partial charge in [-0.25, -0.2) is 4.68 Å². The van der Waals surface area contributed by atoms with Crippen LogP contribution in [0.3, 0.4) is 0 Å². The number of amides is 2. The molecule has 6 nitrogen and oxygen atoms in total. The second kappa shape index (κ2) is 10.1. The molecule has 2 N–H and O–H groups in total. The maximum atomic E-state index is 12.5. The lowest BCUT2D eigenvalue weighted by atomic mass is 9.92. The van der Waals surface area contributed by atoms with Gasteiger partial charge in [0.05, 0.1) is 11.4 Å². The minimum absolute atomic E-state index is 0.0250. The first-order chi connectivity index (χ1) is 14.0. The molecule has 0 aliphatic carbocycles. The molecule has 164 valence electrons.